The van der Waals surface area contributed by atoms with Gasteiger partial charge < -0.3 is 10.6 Å². The minimum absolute atomic E-state index is 0.0427. The van der Waals surface area contributed by atoms with Crippen molar-refractivity contribution >= 4 is 5.91 Å². The SMILES string of the molecule is CCC(C)C(C(=O)N(CC)CCCN)c1ccccc1. The van der Waals surface area contributed by atoms with E-state index in [9.17, 15) is 4.79 Å². The molecule has 1 aromatic carbocycles. The summed E-state index contributed by atoms with van der Waals surface area (Å²) in [6.07, 6.45) is 1.86. The van der Waals surface area contributed by atoms with Crippen molar-refractivity contribution in [2.45, 2.75) is 39.5 Å². The topological polar surface area (TPSA) is 46.3 Å². The Morgan fingerprint density at radius 3 is 2.40 bits per heavy atom. The van der Waals surface area contributed by atoms with E-state index in [1.165, 1.54) is 0 Å². The molecule has 1 amide bonds. The highest BCUT2D eigenvalue weighted by atomic mass is 16.2. The Balaban J connectivity index is 2.95. The quantitative estimate of drug-likeness (QED) is 0.793. The number of likely N-dealkylation sites (N-methyl/N-ethyl adjacent to an activating group) is 1. The van der Waals surface area contributed by atoms with Gasteiger partial charge in [-0.15, -0.1) is 0 Å². The molecule has 2 atom stereocenters. The van der Waals surface area contributed by atoms with Crippen LogP contribution < -0.4 is 5.73 Å². The number of hydrogen-bond acceptors (Lipinski definition) is 2. The number of carbonyl (C=O) groups excluding carboxylic acids is 1. The Morgan fingerprint density at radius 1 is 1.25 bits per heavy atom. The second kappa shape index (κ2) is 8.75. The number of amides is 1. The number of hydrogen-bond donors (Lipinski definition) is 1. The van der Waals surface area contributed by atoms with Crippen LogP contribution in [0.3, 0.4) is 0 Å². The van der Waals surface area contributed by atoms with E-state index in [-0.39, 0.29) is 11.8 Å². The van der Waals surface area contributed by atoms with Crippen LogP contribution in [0.5, 0.6) is 0 Å². The maximum absolute atomic E-state index is 12.9. The van der Waals surface area contributed by atoms with Crippen LogP contribution in [-0.2, 0) is 4.79 Å². The molecular weight excluding hydrogens is 248 g/mol. The van der Waals surface area contributed by atoms with Crippen molar-refractivity contribution in [1.82, 2.24) is 4.90 Å². The van der Waals surface area contributed by atoms with Gasteiger partial charge in [0.25, 0.3) is 0 Å². The zero-order chi connectivity index (χ0) is 15.0. The van der Waals surface area contributed by atoms with Gasteiger partial charge >= 0.3 is 0 Å². The third-order valence-electron chi connectivity index (χ3n) is 3.96. The molecule has 112 valence electrons. The van der Waals surface area contributed by atoms with E-state index in [2.05, 4.69) is 26.0 Å². The summed E-state index contributed by atoms with van der Waals surface area (Å²) in [5, 5.41) is 0. The van der Waals surface area contributed by atoms with Crippen molar-refractivity contribution in [3.63, 3.8) is 0 Å². The normalized spacial score (nSPS) is 13.8. The Hall–Kier alpha value is -1.35. The smallest absolute Gasteiger partial charge is 0.230 e. The molecule has 2 unspecified atom stereocenters. The summed E-state index contributed by atoms with van der Waals surface area (Å²) in [6, 6.07) is 10.1. The van der Waals surface area contributed by atoms with Crippen molar-refractivity contribution in [3.05, 3.63) is 35.9 Å². The molecule has 1 rings (SSSR count). The fourth-order valence-electron chi connectivity index (χ4n) is 2.51. The van der Waals surface area contributed by atoms with Crippen molar-refractivity contribution < 1.29 is 4.79 Å². The van der Waals surface area contributed by atoms with Gasteiger partial charge in [-0.1, -0.05) is 50.6 Å². The van der Waals surface area contributed by atoms with Crippen LogP contribution in [0.4, 0.5) is 0 Å². The van der Waals surface area contributed by atoms with Gasteiger partial charge in [0.1, 0.15) is 0 Å². The maximum Gasteiger partial charge on any atom is 0.230 e. The van der Waals surface area contributed by atoms with E-state index in [0.717, 1.165) is 31.5 Å². The predicted molar refractivity (Wildman–Crippen MR) is 84.6 cm³/mol. The molecule has 0 saturated carbocycles. The van der Waals surface area contributed by atoms with Crippen LogP contribution in [0, 0.1) is 5.92 Å². The van der Waals surface area contributed by atoms with Crippen LogP contribution >= 0.6 is 0 Å². The summed E-state index contributed by atoms with van der Waals surface area (Å²) in [4.78, 5) is 14.8. The molecule has 3 nitrogen and oxygen atoms in total. The zero-order valence-corrected chi connectivity index (χ0v) is 13.0. The van der Waals surface area contributed by atoms with Crippen LogP contribution in [0.1, 0.15) is 45.1 Å². The van der Waals surface area contributed by atoms with E-state index in [4.69, 9.17) is 5.73 Å². The minimum atomic E-state index is -0.0427. The maximum atomic E-state index is 12.9. The van der Waals surface area contributed by atoms with Gasteiger partial charge in [0.15, 0.2) is 0 Å². The first-order valence-electron chi connectivity index (χ1n) is 7.69. The molecule has 3 heteroatoms. The van der Waals surface area contributed by atoms with Gasteiger partial charge in [0.05, 0.1) is 5.92 Å². The monoisotopic (exact) mass is 276 g/mol. The number of benzene rings is 1. The average molecular weight is 276 g/mol. The molecule has 0 heterocycles. The number of nitrogens with two attached hydrogens (primary N) is 1. The van der Waals surface area contributed by atoms with Crippen LogP contribution in [-0.4, -0.2) is 30.4 Å². The lowest BCUT2D eigenvalue weighted by molar-refractivity contribution is -0.133. The molecule has 0 aromatic heterocycles. The fourth-order valence-corrected chi connectivity index (χ4v) is 2.51. The highest BCUT2D eigenvalue weighted by Gasteiger charge is 2.28. The molecule has 0 fully saturated rings. The van der Waals surface area contributed by atoms with Crippen LogP contribution in [0.25, 0.3) is 0 Å². The Morgan fingerprint density at radius 2 is 1.90 bits per heavy atom. The molecule has 0 aliphatic rings. The summed E-state index contributed by atoms with van der Waals surface area (Å²) >= 11 is 0. The lowest BCUT2D eigenvalue weighted by Crippen LogP contribution is -2.38. The zero-order valence-electron chi connectivity index (χ0n) is 13.0. The van der Waals surface area contributed by atoms with Gasteiger partial charge in [0, 0.05) is 13.1 Å². The van der Waals surface area contributed by atoms with E-state index in [1.54, 1.807) is 0 Å². The molecule has 0 spiro atoms. The van der Waals surface area contributed by atoms with Crippen molar-refractivity contribution in [2.75, 3.05) is 19.6 Å². The summed E-state index contributed by atoms with van der Waals surface area (Å²) in [7, 11) is 0. The Labute approximate surface area is 123 Å². The van der Waals surface area contributed by atoms with Gasteiger partial charge in [0.2, 0.25) is 5.91 Å². The average Bonchev–Trinajstić information content (AvgIpc) is 2.49. The molecule has 0 saturated heterocycles. The molecule has 1 aromatic rings. The number of carbonyl (C=O) groups is 1. The van der Waals surface area contributed by atoms with E-state index >= 15 is 0 Å². The largest absolute Gasteiger partial charge is 0.342 e. The van der Waals surface area contributed by atoms with Gasteiger partial charge in [-0.05, 0) is 31.4 Å². The van der Waals surface area contributed by atoms with E-state index in [0.29, 0.717) is 12.5 Å². The van der Waals surface area contributed by atoms with Gasteiger partial charge in [-0.3, -0.25) is 4.79 Å². The first kappa shape index (κ1) is 16.7. The second-order valence-electron chi connectivity index (χ2n) is 5.33. The van der Waals surface area contributed by atoms with E-state index < -0.39 is 0 Å². The Bertz CT molecular complexity index is 391. The van der Waals surface area contributed by atoms with Crippen LogP contribution in [0.2, 0.25) is 0 Å². The molecule has 0 aliphatic heterocycles. The third-order valence-corrected chi connectivity index (χ3v) is 3.96. The lowest BCUT2D eigenvalue weighted by Gasteiger charge is -2.29. The highest BCUT2D eigenvalue weighted by molar-refractivity contribution is 5.84. The second-order valence-corrected chi connectivity index (χ2v) is 5.33. The number of rotatable bonds is 8. The van der Waals surface area contributed by atoms with Crippen molar-refractivity contribution in [3.8, 4) is 0 Å². The van der Waals surface area contributed by atoms with Gasteiger partial charge in [-0.25, -0.2) is 0 Å². The number of nitrogens with zero attached hydrogens (tertiary/aromatic N) is 1. The summed E-state index contributed by atoms with van der Waals surface area (Å²) in [5.74, 6) is 0.539. The lowest BCUT2D eigenvalue weighted by atomic mass is 9.84. The predicted octanol–water partition coefficient (Wildman–Crippen LogP) is 3.01. The summed E-state index contributed by atoms with van der Waals surface area (Å²) in [6.45, 7) is 8.47. The molecule has 0 bridgehead atoms. The summed E-state index contributed by atoms with van der Waals surface area (Å²) in [5.41, 5.74) is 6.69. The standard InChI is InChI=1S/C17H28N2O/c1-4-14(3)16(15-10-7-6-8-11-15)17(20)19(5-2)13-9-12-18/h6-8,10-11,14,16H,4-5,9,12-13,18H2,1-3H3. The first-order chi connectivity index (χ1) is 9.65. The van der Waals surface area contributed by atoms with Crippen LogP contribution in [0.15, 0.2) is 30.3 Å². The fraction of sp³-hybridized carbons (Fsp3) is 0.588. The minimum Gasteiger partial charge on any atom is -0.342 e. The molecular formula is C17H28N2O. The van der Waals surface area contributed by atoms with Gasteiger partial charge in [-0.2, -0.15) is 0 Å². The molecule has 0 aliphatic carbocycles. The molecule has 20 heavy (non-hydrogen) atoms. The third kappa shape index (κ3) is 4.34. The van der Waals surface area contributed by atoms with Crippen molar-refractivity contribution in [2.24, 2.45) is 11.7 Å². The molecule has 0 radical (unpaired) electrons. The highest BCUT2D eigenvalue weighted by Crippen LogP contribution is 2.29. The summed E-state index contributed by atoms with van der Waals surface area (Å²) < 4.78 is 0. The Kier molecular flexibility index (Phi) is 7.31. The molecule has 2 N–H and O–H groups in total. The van der Waals surface area contributed by atoms with Crippen molar-refractivity contribution in [1.29, 1.82) is 0 Å². The first-order valence-corrected chi connectivity index (χ1v) is 7.69. The van der Waals surface area contributed by atoms with E-state index in [1.807, 2.05) is 30.0 Å².